The maximum absolute atomic E-state index is 11.3. The number of esters is 1. The number of hydrogen-bond donors (Lipinski definition) is 1. The average Bonchev–Trinajstić information content (AvgIpc) is 2.74. The first kappa shape index (κ1) is 13.7. The fourth-order valence-electron chi connectivity index (χ4n) is 1.99. The predicted molar refractivity (Wildman–Crippen MR) is 63.3 cm³/mol. The van der Waals surface area contributed by atoms with Crippen molar-refractivity contribution in [3.63, 3.8) is 0 Å². The van der Waals surface area contributed by atoms with Crippen LogP contribution in [0.4, 0.5) is 0 Å². The van der Waals surface area contributed by atoms with Crippen molar-refractivity contribution in [2.75, 3.05) is 6.61 Å². The molecule has 4 nitrogen and oxygen atoms in total. The molecule has 0 aromatic heterocycles. The predicted octanol–water partition coefficient (Wildman–Crippen LogP) is 2.10. The third kappa shape index (κ3) is 3.32. The Morgan fingerprint density at radius 3 is 2.41 bits per heavy atom. The molecule has 0 aliphatic heterocycles. The zero-order valence-electron chi connectivity index (χ0n) is 10.8. The van der Waals surface area contributed by atoms with E-state index in [-0.39, 0.29) is 11.3 Å². The van der Waals surface area contributed by atoms with E-state index in [0.717, 1.165) is 0 Å². The molecule has 17 heavy (non-hydrogen) atoms. The Bertz CT molecular complexity index is 341. The lowest BCUT2D eigenvalue weighted by molar-refractivity contribution is -0.140. The summed E-state index contributed by atoms with van der Waals surface area (Å²) in [7, 11) is 0. The molecule has 0 heterocycles. The summed E-state index contributed by atoms with van der Waals surface area (Å²) in [6.07, 6.45) is 3.00. The van der Waals surface area contributed by atoms with Crippen LogP contribution in [0.2, 0.25) is 0 Å². The summed E-state index contributed by atoms with van der Waals surface area (Å²) in [4.78, 5) is 22.2. The van der Waals surface area contributed by atoms with Crippen molar-refractivity contribution in [2.24, 2.45) is 23.2 Å². The van der Waals surface area contributed by atoms with Crippen molar-refractivity contribution in [3.8, 4) is 0 Å². The molecule has 0 amide bonds. The zero-order valence-corrected chi connectivity index (χ0v) is 10.8. The molecular formula is C13H20O4. The van der Waals surface area contributed by atoms with Crippen LogP contribution in [0, 0.1) is 23.2 Å². The number of allylic oxidation sites excluding steroid dienone is 1. The molecule has 0 aromatic rings. The van der Waals surface area contributed by atoms with Crippen LogP contribution < -0.4 is 0 Å². The van der Waals surface area contributed by atoms with Crippen molar-refractivity contribution < 1.29 is 19.4 Å². The topological polar surface area (TPSA) is 63.6 Å². The van der Waals surface area contributed by atoms with E-state index in [0.29, 0.717) is 12.5 Å². The number of rotatable bonds is 5. The van der Waals surface area contributed by atoms with Crippen LogP contribution in [-0.2, 0) is 14.3 Å². The Labute approximate surface area is 102 Å². The molecule has 4 heteroatoms. The Hall–Kier alpha value is -1.32. The Kier molecular flexibility index (Phi) is 3.96. The molecule has 0 spiro atoms. The van der Waals surface area contributed by atoms with E-state index in [1.165, 1.54) is 6.08 Å². The summed E-state index contributed by atoms with van der Waals surface area (Å²) in [6.45, 7) is 8.09. The van der Waals surface area contributed by atoms with Crippen LogP contribution in [0.1, 0.15) is 27.7 Å². The molecule has 0 saturated heterocycles. The molecule has 1 saturated carbocycles. The average molecular weight is 240 g/mol. The van der Waals surface area contributed by atoms with Crippen LogP contribution >= 0.6 is 0 Å². The molecule has 96 valence electrons. The Morgan fingerprint density at radius 1 is 1.41 bits per heavy atom. The molecule has 0 bridgehead atoms. The van der Waals surface area contributed by atoms with Crippen molar-refractivity contribution in [2.45, 2.75) is 27.7 Å². The molecular weight excluding hydrogens is 220 g/mol. The lowest BCUT2D eigenvalue weighted by atomic mass is 10.1. The van der Waals surface area contributed by atoms with Crippen LogP contribution in [0.15, 0.2) is 12.2 Å². The van der Waals surface area contributed by atoms with Gasteiger partial charge in [-0.25, -0.2) is 4.79 Å². The smallest absolute Gasteiger partial charge is 0.330 e. The first-order valence-electron chi connectivity index (χ1n) is 5.84. The molecule has 0 aromatic carbocycles. The van der Waals surface area contributed by atoms with Gasteiger partial charge in [-0.15, -0.1) is 0 Å². The van der Waals surface area contributed by atoms with E-state index in [1.54, 1.807) is 6.08 Å². The second kappa shape index (κ2) is 4.90. The standard InChI is InChI=1S/C13H20O4/c1-8(2)7-17-10(14)6-5-9-11(12(15)16)13(9,3)4/h5-6,8-9,11H,7H2,1-4H3,(H,15,16)/b6-5-. The second-order valence-corrected chi connectivity index (χ2v) is 5.55. The summed E-state index contributed by atoms with van der Waals surface area (Å²) in [5.74, 6) is -1.37. The molecule has 1 fully saturated rings. The monoisotopic (exact) mass is 240 g/mol. The molecule has 1 rings (SSSR count). The van der Waals surface area contributed by atoms with Crippen molar-refractivity contribution in [1.82, 2.24) is 0 Å². The third-order valence-electron chi connectivity index (χ3n) is 3.18. The van der Waals surface area contributed by atoms with Crippen molar-refractivity contribution in [3.05, 3.63) is 12.2 Å². The highest BCUT2D eigenvalue weighted by molar-refractivity contribution is 5.83. The quantitative estimate of drug-likeness (QED) is 0.590. The molecule has 1 N–H and O–H groups in total. The number of hydrogen-bond acceptors (Lipinski definition) is 3. The van der Waals surface area contributed by atoms with Gasteiger partial charge in [0.25, 0.3) is 0 Å². The number of carbonyl (C=O) groups excluding carboxylic acids is 1. The fraction of sp³-hybridized carbons (Fsp3) is 0.692. The van der Waals surface area contributed by atoms with Crippen LogP contribution in [0.5, 0.6) is 0 Å². The minimum absolute atomic E-state index is 0.0772. The van der Waals surface area contributed by atoms with Gasteiger partial charge >= 0.3 is 11.9 Å². The molecule has 0 radical (unpaired) electrons. The van der Waals surface area contributed by atoms with Crippen LogP contribution in [0.3, 0.4) is 0 Å². The highest BCUT2D eigenvalue weighted by atomic mass is 16.5. The van der Waals surface area contributed by atoms with E-state index >= 15 is 0 Å². The van der Waals surface area contributed by atoms with Crippen LogP contribution in [-0.4, -0.2) is 23.7 Å². The lowest BCUT2D eigenvalue weighted by Crippen LogP contribution is -2.07. The summed E-state index contributed by atoms with van der Waals surface area (Å²) >= 11 is 0. The minimum atomic E-state index is -0.805. The number of carbonyl (C=O) groups is 2. The number of aliphatic carboxylic acids is 1. The first-order chi connectivity index (χ1) is 7.76. The van der Waals surface area contributed by atoms with Gasteiger partial charge in [-0.05, 0) is 17.3 Å². The van der Waals surface area contributed by atoms with Gasteiger partial charge < -0.3 is 9.84 Å². The van der Waals surface area contributed by atoms with E-state index in [4.69, 9.17) is 9.84 Å². The highest BCUT2D eigenvalue weighted by Crippen LogP contribution is 2.58. The molecule has 2 unspecified atom stereocenters. The van der Waals surface area contributed by atoms with Gasteiger partial charge in [0.15, 0.2) is 0 Å². The summed E-state index contributed by atoms with van der Waals surface area (Å²) in [5, 5.41) is 8.95. The third-order valence-corrected chi connectivity index (χ3v) is 3.18. The van der Waals surface area contributed by atoms with Gasteiger partial charge in [0.2, 0.25) is 0 Å². The van der Waals surface area contributed by atoms with Gasteiger partial charge in [0, 0.05) is 6.08 Å². The number of carboxylic acid groups (broad SMARTS) is 1. The van der Waals surface area contributed by atoms with Crippen molar-refractivity contribution >= 4 is 11.9 Å². The fourth-order valence-corrected chi connectivity index (χ4v) is 1.99. The van der Waals surface area contributed by atoms with E-state index in [1.807, 2.05) is 27.7 Å². The van der Waals surface area contributed by atoms with Gasteiger partial charge in [0.05, 0.1) is 12.5 Å². The number of carboxylic acids is 1. The zero-order chi connectivity index (χ0) is 13.2. The maximum atomic E-state index is 11.3. The van der Waals surface area contributed by atoms with Gasteiger partial charge in [0.1, 0.15) is 0 Å². The Balaban J connectivity index is 2.45. The Morgan fingerprint density at radius 2 is 2.00 bits per heavy atom. The molecule has 1 aliphatic rings. The van der Waals surface area contributed by atoms with E-state index < -0.39 is 17.9 Å². The molecule has 2 atom stereocenters. The normalized spacial score (nSPS) is 26.2. The second-order valence-electron chi connectivity index (χ2n) is 5.55. The van der Waals surface area contributed by atoms with E-state index in [9.17, 15) is 9.59 Å². The first-order valence-corrected chi connectivity index (χ1v) is 5.84. The van der Waals surface area contributed by atoms with Crippen LogP contribution in [0.25, 0.3) is 0 Å². The minimum Gasteiger partial charge on any atom is -0.481 e. The SMILES string of the molecule is CC(C)COC(=O)/C=C\C1C(C(=O)O)C1(C)C. The van der Waals surface area contributed by atoms with E-state index in [2.05, 4.69) is 0 Å². The van der Waals surface area contributed by atoms with Gasteiger partial charge in [-0.2, -0.15) is 0 Å². The van der Waals surface area contributed by atoms with Gasteiger partial charge in [-0.3, -0.25) is 4.79 Å². The highest BCUT2D eigenvalue weighted by Gasteiger charge is 2.60. The number of ether oxygens (including phenoxy) is 1. The summed E-state index contributed by atoms with van der Waals surface area (Å²) < 4.78 is 4.97. The van der Waals surface area contributed by atoms with Crippen molar-refractivity contribution in [1.29, 1.82) is 0 Å². The summed E-state index contributed by atoms with van der Waals surface area (Å²) in [5.41, 5.74) is -0.263. The molecule has 1 aliphatic carbocycles. The van der Waals surface area contributed by atoms with Gasteiger partial charge in [-0.1, -0.05) is 33.8 Å². The maximum Gasteiger partial charge on any atom is 0.330 e. The largest absolute Gasteiger partial charge is 0.481 e. The summed E-state index contributed by atoms with van der Waals surface area (Å²) in [6, 6.07) is 0. The lowest BCUT2D eigenvalue weighted by Gasteiger charge is -2.03.